The van der Waals surface area contributed by atoms with E-state index < -0.39 is 0 Å². The number of likely N-dealkylation sites (tertiary alicyclic amines) is 1. The normalized spacial score (nSPS) is 23.2. The molecular weight excluding hydrogens is 404 g/mol. The highest BCUT2D eigenvalue weighted by Crippen LogP contribution is 2.43. The highest BCUT2D eigenvalue weighted by molar-refractivity contribution is 5.93. The van der Waals surface area contributed by atoms with E-state index in [9.17, 15) is 9.18 Å². The highest BCUT2D eigenvalue weighted by atomic mass is 35.5. The first-order chi connectivity index (χ1) is 12.7. The Balaban J connectivity index is 0.00000112. The van der Waals surface area contributed by atoms with Gasteiger partial charge in [-0.05, 0) is 35.7 Å². The molecule has 1 N–H and O–H groups in total. The fraction of sp³-hybridized carbons (Fsp3) is 0.316. The monoisotopic (exact) mass is 423 g/mol. The lowest BCUT2D eigenvalue weighted by atomic mass is 9.89. The van der Waals surface area contributed by atoms with Gasteiger partial charge >= 0.3 is 0 Å². The Hall–Kier alpha value is -2.22. The molecule has 2 fully saturated rings. The van der Waals surface area contributed by atoms with Crippen LogP contribution < -0.4 is 5.32 Å². The highest BCUT2D eigenvalue weighted by Gasteiger charge is 2.47. The molecule has 3 aromatic rings. The average Bonchev–Trinajstić information content (AvgIpc) is 3.34. The summed E-state index contributed by atoms with van der Waals surface area (Å²) in [7, 11) is 0. The number of aromatic nitrogens is 3. The number of nitrogens with zero attached hydrogens (tertiary/aromatic N) is 4. The fourth-order valence-electron chi connectivity index (χ4n) is 4.37. The molecule has 4 heterocycles. The molecule has 1 amide bonds. The van der Waals surface area contributed by atoms with E-state index in [0.29, 0.717) is 23.8 Å². The summed E-state index contributed by atoms with van der Waals surface area (Å²) < 4.78 is 15.4. The zero-order valence-electron chi connectivity index (χ0n) is 14.9. The van der Waals surface area contributed by atoms with Crippen molar-refractivity contribution in [1.82, 2.24) is 24.8 Å². The van der Waals surface area contributed by atoms with E-state index >= 15 is 0 Å². The van der Waals surface area contributed by atoms with Crippen molar-refractivity contribution >= 4 is 36.4 Å². The predicted molar refractivity (Wildman–Crippen MR) is 108 cm³/mol. The van der Waals surface area contributed by atoms with Crippen LogP contribution >= 0.6 is 24.8 Å². The molecule has 0 bridgehead atoms. The molecule has 2 aliphatic heterocycles. The number of hydrogen-bond donors (Lipinski definition) is 1. The Morgan fingerprint density at radius 1 is 1.18 bits per heavy atom. The first kappa shape index (κ1) is 20.5. The van der Waals surface area contributed by atoms with Gasteiger partial charge < -0.3 is 10.2 Å². The molecule has 6 nitrogen and oxygen atoms in total. The van der Waals surface area contributed by atoms with E-state index in [1.54, 1.807) is 35.1 Å². The van der Waals surface area contributed by atoms with Crippen molar-refractivity contribution in [2.45, 2.75) is 6.04 Å². The smallest absolute Gasteiger partial charge is 0.274 e. The zero-order valence-corrected chi connectivity index (χ0v) is 16.5. The van der Waals surface area contributed by atoms with Crippen LogP contribution in [0, 0.1) is 17.7 Å². The number of rotatable bonds is 2. The zero-order chi connectivity index (χ0) is 17.7. The van der Waals surface area contributed by atoms with Crippen LogP contribution in [0.5, 0.6) is 0 Å². The maximum Gasteiger partial charge on any atom is 0.274 e. The molecule has 0 aliphatic carbocycles. The first-order valence-electron chi connectivity index (χ1n) is 8.78. The van der Waals surface area contributed by atoms with Gasteiger partial charge in [0.2, 0.25) is 0 Å². The van der Waals surface area contributed by atoms with E-state index in [0.717, 1.165) is 18.7 Å². The number of halogens is 3. The molecule has 3 atom stereocenters. The van der Waals surface area contributed by atoms with Gasteiger partial charge in [0.15, 0.2) is 11.3 Å². The van der Waals surface area contributed by atoms with Crippen molar-refractivity contribution < 1.29 is 9.18 Å². The number of carbonyl (C=O) groups excluding carboxylic acids is 1. The van der Waals surface area contributed by atoms with Crippen molar-refractivity contribution in [3.8, 4) is 0 Å². The summed E-state index contributed by atoms with van der Waals surface area (Å²) in [4.78, 5) is 19.5. The number of fused-ring (bicyclic) bond motifs is 2. The molecule has 1 aromatic carbocycles. The molecule has 5 rings (SSSR count). The Morgan fingerprint density at radius 2 is 2.04 bits per heavy atom. The van der Waals surface area contributed by atoms with Crippen LogP contribution in [0.3, 0.4) is 0 Å². The van der Waals surface area contributed by atoms with Crippen LogP contribution in [0.15, 0.2) is 48.8 Å². The third kappa shape index (κ3) is 3.23. The SMILES string of the molecule is Cl.Cl.O=C(c1cnc2cccnn12)N1C[C@@H]2CNC[C@@H]2[C@@H]1c1cccc(F)c1. The topological polar surface area (TPSA) is 62.5 Å². The largest absolute Gasteiger partial charge is 0.330 e. The minimum Gasteiger partial charge on any atom is -0.330 e. The van der Waals surface area contributed by atoms with Crippen LogP contribution in [0.2, 0.25) is 0 Å². The Morgan fingerprint density at radius 3 is 2.86 bits per heavy atom. The van der Waals surface area contributed by atoms with Gasteiger partial charge in [-0.15, -0.1) is 24.8 Å². The molecular formula is C19H20Cl2FN5O. The van der Waals surface area contributed by atoms with Crippen molar-refractivity contribution in [3.63, 3.8) is 0 Å². The maximum atomic E-state index is 13.8. The van der Waals surface area contributed by atoms with E-state index in [2.05, 4.69) is 15.4 Å². The van der Waals surface area contributed by atoms with E-state index in [4.69, 9.17) is 0 Å². The van der Waals surface area contributed by atoms with E-state index in [1.165, 1.54) is 6.07 Å². The predicted octanol–water partition coefficient (Wildman–Crippen LogP) is 2.74. The summed E-state index contributed by atoms with van der Waals surface area (Å²) >= 11 is 0. The van der Waals surface area contributed by atoms with Crippen LogP contribution in [0.4, 0.5) is 4.39 Å². The van der Waals surface area contributed by atoms with Gasteiger partial charge in [0, 0.05) is 31.7 Å². The summed E-state index contributed by atoms with van der Waals surface area (Å²) in [5.41, 5.74) is 1.92. The maximum absolute atomic E-state index is 13.8. The Kier molecular flexibility index (Phi) is 5.88. The molecule has 0 saturated carbocycles. The van der Waals surface area contributed by atoms with E-state index in [1.807, 2.05) is 17.0 Å². The lowest BCUT2D eigenvalue weighted by Crippen LogP contribution is -2.35. The third-order valence-corrected chi connectivity index (χ3v) is 5.51. The molecule has 0 unspecified atom stereocenters. The molecule has 2 saturated heterocycles. The average molecular weight is 424 g/mol. The van der Waals surface area contributed by atoms with Crippen LogP contribution in [0.25, 0.3) is 5.65 Å². The molecule has 2 aliphatic rings. The lowest BCUT2D eigenvalue weighted by Gasteiger charge is -2.28. The minimum absolute atomic E-state index is 0. The number of carbonyl (C=O) groups is 1. The van der Waals surface area contributed by atoms with Gasteiger partial charge in [0.25, 0.3) is 5.91 Å². The molecule has 28 heavy (non-hydrogen) atoms. The van der Waals surface area contributed by atoms with E-state index in [-0.39, 0.29) is 48.5 Å². The summed E-state index contributed by atoms with van der Waals surface area (Å²) in [6, 6.07) is 10.0. The standard InChI is InChI=1S/C19H18FN5O.2ClH/c20-14-4-1-3-12(7-14)18-15-9-21-8-13(15)11-24(18)19(26)16-10-22-17-5-2-6-23-25(16)17;;/h1-7,10,13,15,18,21H,8-9,11H2;2*1H/t13-,15-,18-;;/m0../s1. The van der Waals surface area contributed by atoms with Crippen molar-refractivity contribution in [2.24, 2.45) is 11.8 Å². The van der Waals surface area contributed by atoms with Gasteiger partial charge in [-0.2, -0.15) is 5.10 Å². The minimum atomic E-state index is -0.277. The van der Waals surface area contributed by atoms with Crippen molar-refractivity contribution in [2.75, 3.05) is 19.6 Å². The number of imidazole rings is 1. The molecule has 148 valence electrons. The second-order valence-electron chi connectivity index (χ2n) is 6.98. The quantitative estimate of drug-likeness (QED) is 0.688. The van der Waals surface area contributed by atoms with Crippen molar-refractivity contribution in [1.29, 1.82) is 0 Å². The molecule has 0 spiro atoms. The fourth-order valence-corrected chi connectivity index (χ4v) is 4.37. The molecule has 2 aromatic heterocycles. The Labute approximate surface area is 174 Å². The third-order valence-electron chi connectivity index (χ3n) is 5.51. The number of benzene rings is 1. The summed E-state index contributed by atoms with van der Waals surface area (Å²) in [6.07, 6.45) is 3.21. The lowest BCUT2D eigenvalue weighted by molar-refractivity contribution is 0.0705. The number of amides is 1. The van der Waals surface area contributed by atoms with Crippen LogP contribution in [-0.4, -0.2) is 45.0 Å². The number of hydrogen-bond acceptors (Lipinski definition) is 4. The van der Waals surface area contributed by atoms with Crippen LogP contribution in [-0.2, 0) is 0 Å². The summed E-state index contributed by atoms with van der Waals surface area (Å²) in [6.45, 7) is 2.37. The van der Waals surface area contributed by atoms with Gasteiger partial charge in [0.05, 0.1) is 12.2 Å². The Bertz CT molecular complexity index is 997. The van der Waals surface area contributed by atoms with Crippen molar-refractivity contribution in [3.05, 3.63) is 65.9 Å². The van der Waals surface area contributed by atoms with Crippen LogP contribution in [0.1, 0.15) is 22.1 Å². The molecule has 0 radical (unpaired) electrons. The second kappa shape index (κ2) is 8.03. The summed E-state index contributed by atoms with van der Waals surface area (Å²) in [5, 5.41) is 7.65. The first-order valence-corrected chi connectivity index (χ1v) is 8.78. The number of nitrogens with one attached hydrogen (secondary N) is 1. The van der Waals surface area contributed by atoms with Gasteiger partial charge in [-0.3, -0.25) is 4.79 Å². The van der Waals surface area contributed by atoms with Gasteiger partial charge in [-0.1, -0.05) is 12.1 Å². The van der Waals surface area contributed by atoms with Gasteiger partial charge in [-0.25, -0.2) is 13.9 Å². The summed E-state index contributed by atoms with van der Waals surface area (Å²) in [5.74, 6) is 0.271. The second-order valence-corrected chi connectivity index (χ2v) is 6.98. The molecule has 9 heteroatoms. The van der Waals surface area contributed by atoms with Gasteiger partial charge in [0.1, 0.15) is 5.82 Å².